The molecule has 0 aliphatic heterocycles. The second kappa shape index (κ2) is 6.00. The summed E-state index contributed by atoms with van der Waals surface area (Å²) < 4.78 is 9.57. The van der Waals surface area contributed by atoms with Gasteiger partial charge in [-0.3, -0.25) is 0 Å². The zero-order chi connectivity index (χ0) is 13.0. The lowest BCUT2D eigenvalue weighted by atomic mass is 10.1. The molecule has 0 bridgehead atoms. The molecule has 0 saturated heterocycles. The molecule has 0 aliphatic rings. The molecule has 1 atom stereocenters. The van der Waals surface area contributed by atoms with Crippen molar-refractivity contribution in [3.05, 3.63) is 11.3 Å². The molecule has 0 fully saturated rings. The van der Waals surface area contributed by atoms with Gasteiger partial charge in [-0.25, -0.2) is 4.79 Å². The minimum absolute atomic E-state index is 0.0634. The number of hydrogen-bond acceptors (Lipinski definition) is 5. The van der Waals surface area contributed by atoms with Gasteiger partial charge in [-0.1, -0.05) is 13.8 Å². The number of hydrogen-bond donors (Lipinski definition) is 1. The molecule has 0 spiro atoms. The van der Waals surface area contributed by atoms with E-state index in [0.717, 1.165) is 17.1 Å². The molecule has 96 valence electrons. The smallest absolute Gasteiger partial charge is 0.343 e. The fourth-order valence-corrected chi connectivity index (χ4v) is 2.47. The van der Waals surface area contributed by atoms with Gasteiger partial charge in [0.15, 0.2) is 0 Å². The first-order chi connectivity index (χ1) is 7.95. The zero-order valence-corrected chi connectivity index (χ0v) is 11.9. The van der Waals surface area contributed by atoms with Gasteiger partial charge < -0.3 is 10.1 Å². The largest absolute Gasteiger partial charge is 0.459 e. The number of rotatable bonds is 5. The average Bonchev–Trinajstić information content (AvgIpc) is 2.57. The van der Waals surface area contributed by atoms with Crippen LogP contribution in [0.4, 0.5) is 5.00 Å². The highest BCUT2D eigenvalue weighted by molar-refractivity contribution is 7.10. The minimum atomic E-state index is -0.284. The molecule has 1 N–H and O–H groups in total. The highest BCUT2D eigenvalue weighted by atomic mass is 32.1. The first kappa shape index (κ1) is 14.0. The minimum Gasteiger partial charge on any atom is -0.459 e. The predicted octanol–water partition coefficient (Wildman–Crippen LogP) is 3.08. The lowest BCUT2D eigenvalue weighted by molar-refractivity contribution is 0.0300. The van der Waals surface area contributed by atoms with Gasteiger partial charge in [0.1, 0.15) is 10.6 Å². The number of aryl methyl sites for hydroxylation is 1. The summed E-state index contributed by atoms with van der Waals surface area (Å²) in [4.78, 5) is 12.0. The summed E-state index contributed by atoms with van der Waals surface area (Å²) in [5.74, 6) is 0.233. The maximum atomic E-state index is 12.0. The van der Waals surface area contributed by atoms with Gasteiger partial charge in [0.05, 0.1) is 11.8 Å². The van der Waals surface area contributed by atoms with Crippen LogP contribution in [0.5, 0.6) is 0 Å². The number of carbonyl (C=O) groups is 1. The third-order valence-corrected chi connectivity index (χ3v) is 3.36. The van der Waals surface area contributed by atoms with E-state index >= 15 is 0 Å². The summed E-state index contributed by atoms with van der Waals surface area (Å²) >= 11 is 1.28. The molecule has 1 aromatic heterocycles. The Balaban J connectivity index is 2.72. The Morgan fingerprint density at radius 1 is 1.47 bits per heavy atom. The van der Waals surface area contributed by atoms with Crippen LogP contribution in [0.3, 0.4) is 0 Å². The van der Waals surface area contributed by atoms with E-state index in [1.54, 1.807) is 7.05 Å². The van der Waals surface area contributed by atoms with Crippen molar-refractivity contribution in [2.45, 2.75) is 40.2 Å². The number of esters is 1. The van der Waals surface area contributed by atoms with E-state index in [-0.39, 0.29) is 12.1 Å². The number of nitrogens with one attached hydrogen (secondary N) is 1. The maximum absolute atomic E-state index is 12.0. The SMILES string of the molecule is CNc1snc(C)c1C(=O)OC(C)CC(C)C. The van der Waals surface area contributed by atoms with Gasteiger partial charge in [-0.05, 0) is 37.7 Å². The molecule has 4 nitrogen and oxygen atoms in total. The highest BCUT2D eigenvalue weighted by Gasteiger charge is 2.21. The van der Waals surface area contributed by atoms with E-state index in [0.29, 0.717) is 11.5 Å². The monoisotopic (exact) mass is 256 g/mol. The summed E-state index contributed by atoms with van der Waals surface area (Å²) in [6.45, 7) is 7.97. The zero-order valence-electron chi connectivity index (χ0n) is 11.0. The van der Waals surface area contributed by atoms with E-state index in [2.05, 4.69) is 23.5 Å². The van der Waals surface area contributed by atoms with Gasteiger partial charge in [0, 0.05) is 7.05 Å². The predicted molar refractivity (Wildman–Crippen MR) is 70.7 cm³/mol. The molecule has 1 heterocycles. The molecular formula is C12H20N2O2S. The van der Waals surface area contributed by atoms with Gasteiger partial charge in [-0.2, -0.15) is 4.37 Å². The van der Waals surface area contributed by atoms with Crippen LogP contribution < -0.4 is 5.32 Å². The lowest BCUT2D eigenvalue weighted by Crippen LogP contribution is -2.18. The Morgan fingerprint density at radius 2 is 2.12 bits per heavy atom. The van der Waals surface area contributed by atoms with Crippen molar-refractivity contribution < 1.29 is 9.53 Å². The molecule has 0 aromatic carbocycles. The fourth-order valence-electron chi connectivity index (χ4n) is 1.73. The number of nitrogens with zero attached hydrogens (tertiary/aromatic N) is 1. The Hall–Kier alpha value is -1.10. The second-order valence-corrected chi connectivity index (χ2v) is 5.34. The van der Waals surface area contributed by atoms with Crippen LogP contribution in [0.25, 0.3) is 0 Å². The summed E-state index contributed by atoms with van der Waals surface area (Å²) in [5.41, 5.74) is 1.29. The van der Waals surface area contributed by atoms with Gasteiger partial charge in [0.2, 0.25) is 0 Å². The van der Waals surface area contributed by atoms with E-state index in [1.165, 1.54) is 11.5 Å². The maximum Gasteiger partial charge on any atom is 0.343 e. The average molecular weight is 256 g/mol. The summed E-state index contributed by atoms with van der Waals surface area (Å²) in [7, 11) is 1.78. The van der Waals surface area contributed by atoms with Gasteiger partial charge in [-0.15, -0.1) is 0 Å². The van der Waals surface area contributed by atoms with Crippen molar-refractivity contribution >= 4 is 22.5 Å². The first-order valence-electron chi connectivity index (χ1n) is 5.80. The Kier molecular flexibility index (Phi) is 4.93. The molecule has 1 rings (SSSR count). The first-order valence-corrected chi connectivity index (χ1v) is 6.58. The van der Waals surface area contributed by atoms with Crippen molar-refractivity contribution in [2.24, 2.45) is 5.92 Å². The Morgan fingerprint density at radius 3 is 2.65 bits per heavy atom. The van der Waals surface area contributed by atoms with Crippen LogP contribution in [0.15, 0.2) is 0 Å². The second-order valence-electron chi connectivity index (χ2n) is 4.57. The van der Waals surface area contributed by atoms with E-state index < -0.39 is 0 Å². The standard InChI is InChI=1S/C12H20N2O2S/c1-7(2)6-8(3)16-12(15)10-9(4)14-17-11(10)13-5/h7-8,13H,6H2,1-5H3. The van der Waals surface area contributed by atoms with Crippen molar-refractivity contribution in [2.75, 3.05) is 12.4 Å². The van der Waals surface area contributed by atoms with Crippen LogP contribution in [0, 0.1) is 12.8 Å². The molecule has 1 aromatic rings. The van der Waals surface area contributed by atoms with Crippen LogP contribution >= 0.6 is 11.5 Å². The molecule has 0 amide bonds. The number of carbonyl (C=O) groups excluding carboxylic acids is 1. The topological polar surface area (TPSA) is 51.2 Å². The van der Waals surface area contributed by atoms with E-state index in [1.807, 2.05) is 13.8 Å². The summed E-state index contributed by atoms with van der Waals surface area (Å²) in [6, 6.07) is 0. The molecule has 0 saturated carbocycles. The third kappa shape index (κ3) is 3.70. The van der Waals surface area contributed by atoms with E-state index in [4.69, 9.17) is 4.74 Å². The quantitative estimate of drug-likeness (QED) is 0.823. The molecule has 5 heteroatoms. The molecule has 0 aliphatic carbocycles. The highest BCUT2D eigenvalue weighted by Crippen LogP contribution is 2.25. The Labute approximate surface area is 107 Å². The van der Waals surface area contributed by atoms with Crippen LogP contribution in [-0.2, 0) is 4.74 Å². The third-order valence-electron chi connectivity index (χ3n) is 2.41. The summed E-state index contributed by atoms with van der Waals surface area (Å²) in [6.07, 6.45) is 0.809. The van der Waals surface area contributed by atoms with Gasteiger partial charge in [0.25, 0.3) is 0 Å². The number of aromatic nitrogens is 1. The lowest BCUT2D eigenvalue weighted by Gasteiger charge is -2.15. The van der Waals surface area contributed by atoms with Crippen molar-refractivity contribution in [1.82, 2.24) is 4.37 Å². The van der Waals surface area contributed by atoms with Crippen molar-refractivity contribution in [3.63, 3.8) is 0 Å². The van der Waals surface area contributed by atoms with E-state index in [9.17, 15) is 4.79 Å². The number of anilines is 1. The van der Waals surface area contributed by atoms with Crippen molar-refractivity contribution in [3.8, 4) is 0 Å². The fraction of sp³-hybridized carbons (Fsp3) is 0.667. The van der Waals surface area contributed by atoms with Crippen LogP contribution in [0.1, 0.15) is 43.2 Å². The van der Waals surface area contributed by atoms with Crippen LogP contribution in [0.2, 0.25) is 0 Å². The van der Waals surface area contributed by atoms with Crippen LogP contribution in [-0.4, -0.2) is 23.5 Å². The van der Waals surface area contributed by atoms with Gasteiger partial charge >= 0.3 is 5.97 Å². The summed E-state index contributed by atoms with van der Waals surface area (Å²) in [5, 5.41) is 3.73. The molecule has 1 unspecified atom stereocenters. The normalized spacial score (nSPS) is 12.6. The number of ether oxygens (including phenoxy) is 1. The van der Waals surface area contributed by atoms with Crippen molar-refractivity contribution in [1.29, 1.82) is 0 Å². The molecular weight excluding hydrogens is 236 g/mol. The molecule has 17 heavy (non-hydrogen) atoms. The molecule has 0 radical (unpaired) electrons. The Bertz CT molecular complexity index is 388.